The number of nitrogens with zero attached hydrogens (tertiary/aromatic N) is 2. The van der Waals surface area contributed by atoms with Crippen LogP contribution >= 0.6 is 20.2 Å². The van der Waals surface area contributed by atoms with E-state index in [-0.39, 0.29) is 3.57 Å². The van der Waals surface area contributed by atoms with Gasteiger partial charge in [0.25, 0.3) is 0 Å². The Hall–Kier alpha value is -1.30. The first-order valence-corrected chi connectivity index (χ1v) is 9.54. The van der Waals surface area contributed by atoms with Gasteiger partial charge in [0.15, 0.2) is 0 Å². The standard InChI is InChI=1S/C10H8F3IN2O4S/c1-7(17)9(16-15)14(8-5-3-2-4-6-8)20-21(18,19)10(11,12)13/h2-6H,1H3. The molecular formula is C10H8F3IN2O4S. The third kappa shape index (κ3) is 4.33. The van der Waals surface area contributed by atoms with Crippen LogP contribution in [0.1, 0.15) is 6.92 Å². The molecule has 0 spiro atoms. The summed E-state index contributed by atoms with van der Waals surface area (Å²) in [6.07, 6.45) is 0. The van der Waals surface area contributed by atoms with Crippen LogP contribution in [-0.4, -0.2) is 28.2 Å². The van der Waals surface area contributed by atoms with Crippen molar-refractivity contribution in [1.29, 1.82) is 0 Å². The van der Waals surface area contributed by atoms with E-state index in [9.17, 15) is 26.4 Å². The molecule has 1 aromatic carbocycles. The number of rotatable bonds is 5. The first kappa shape index (κ1) is 17.8. The molecule has 0 unspecified atom stereocenters. The van der Waals surface area contributed by atoms with Crippen LogP contribution in [0.15, 0.2) is 30.3 Å². The second-order valence-electron chi connectivity index (χ2n) is 3.45. The molecule has 116 valence electrons. The number of halogens is 4. The van der Waals surface area contributed by atoms with Gasteiger partial charge in [-0.05, 0) is 0 Å². The van der Waals surface area contributed by atoms with Crippen molar-refractivity contribution < 1.29 is 33.7 Å². The monoisotopic (exact) mass is 436 g/mol. The molecule has 0 aliphatic carbocycles. The molecule has 0 saturated carbocycles. The molecule has 0 saturated heterocycles. The zero-order valence-electron chi connectivity index (χ0n) is 10.3. The molecule has 11 heteroatoms. The van der Waals surface area contributed by atoms with Gasteiger partial charge in [-0.3, -0.25) is 0 Å². The number of hydrogen-bond acceptors (Lipinski definition) is 4. The van der Waals surface area contributed by atoms with E-state index in [4.69, 9.17) is 5.53 Å². The van der Waals surface area contributed by atoms with E-state index >= 15 is 0 Å². The van der Waals surface area contributed by atoms with Crippen molar-refractivity contribution in [2.45, 2.75) is 12.4 Å². The number of carbonyl (C=O) groups is 1. The summed E-state index contributed by atoms with van der Waals surface area (Å²) in [5, 5.41) is 0. The Morgan fingerprint density at radius 1 is 1.29 bits per heavy atom. The molecule has 6 nitrogen and oxygen atoms in total. The molecule has 21 heavy (non-hydrogen) atoms. The van der Waals surface area contributed by atoms with Crippen LogP contribution in [0.25, 0.3) is 5.53 Å². The fourth-order valence-corrected chi connectivity index (χ4v) is 7.12. The molecule has 0 N–H and O–H groups in total. The van der Waals surface area contributed by atoms with E-state index < -0.39 is 45.4 Å². The van der Waals surface area contributed by atoms with Crippen LogP contribution in [0.5, 0.6) is 0 Å². The van der Waals surface area contributed by atoms with Gasteiger partial charge in [-0.1, -0.05) is 0 Å². The van der Waals surface area contributed by atoms with Crippen molar-refractivity contribution in [2.24, 2.45) is 0 Å². The molecule has 0 atom stereocenters. The van der Waals surface area contributed by atoms with E-state index in [1.807, 2.05) is 0 Å². The van der Waals surface area contributed by atoms with Crippen molar-refractivity contribution in [3.05, 3.63) is 39.4 Å². The van der Waals surface area contributed by atoms with Gasteiger partial charge < -0.3 is 0 Å². The molecule has 0 aliphatic heterocycles. The average Bonchev–Trinajstić information content (AvgIpc) is 2.37. The Bertz CT molecular complexity index is 684. The maximum atomic E-state index is 12.4. The Morgan fingerprint density at radius 2 is 1.81 bits per heavy atom. The summed E-state index contributed by atoms with van der Waals surface area (Å²) < 4.78 is 63.0. The van der Waals surface area contributed by atoms with Gasteiger partial charge in [0.2, 0.25) is 0 Å². The summed E-state index contributed by atoms with van der Waals surface area (Å²) >= 11 is -3.86. The minimum absolute atomic E-state index is 0.0672. The van der Waals surface area contributed by atoms with Crippen molar-refractivity contribution in [2.75, 3.05) is 0 Å². The Kier molecular flexibility index (Phi) is 5.61. The third-order valence-corrected chi connectivity index (χ3v) is 9.01. The predicted octanol–water partition coefficient (Wildman–Crippen LogP) is 2.36. The number of benzene rings is 1. The van der Waals surface area contributed by atoms with E-state index in [0.29, 0.717) is 0 Å². The number of hydrogen-bond donors (Lipinski definition) is 0. The Balaban J connectivity index is 3.36. The normalized spacial score (nSPS) is 12.5. The van der Waals surface area contributed by atoms with Crippen molar-refractivity contribution >= 4 is 39.9 Å². The van der Waals surface area contributed by atoms with E-state index in [0.717, 1.165) is 6.92 Å². The zero-order chi connectivity index (χ0) is 16.3. The zero-order valence-corrected chi connectivity index (χ0v) is 13.3. The molecule has 0 bridgehead atoms. The van der Waals surface area contributed by atoms with E-state index in [1.165, 1.54) is 24.3 Å². The van der Waals surface area contributed by atoms with Crippen LogP contribution in [0.2, 0.25) is 0 Å². The van der Waals surface area contributed by atoms with Crippen LogP contribution in [0.4, 0.5) is 13.2 Å². The number of ketones is 1. The second kappa shape index (κ2) is 6.64. The maximum absolute atomic E-state index is 12.4. The van der Waals surface area contributed by atoms with Gasteiger partial charge in [-0.2, -0.15) is 0 Å². The Morgan fingerprint density at radius 3 is 2.19 bits per heavy atom. The third-order valence-electron chi connectivity index (χ3n) is 1.90. The van der Waals surface area contributed by atoms with Crippen molar-refractivity contribution in [3.63, 3.8) is 0 Å². The molecule has 0 heterocycles. The van der Waals surface area contributed by atoms with Crippen molar-refractivity contribution in [1.82, 2.24) is 0 Å². The fraction of sp³-hybridized carbons (Fsp3) is 0.200. The minimum atomic E-state index is -5.91. The van der Waals surface area contributed by atoms with E-state index in [1.54, 1.807) is 6.07 Å². The van der Waals surface area contributed by atoms with Crippen LogP contribution in [-0.2, 0) is 17.4 Å². The molecule has 1 rings (SSSR count). The van der Waals surface area contributed by atoms with Gasteiger partial charge in [-0.15, -0.1) is 0 Å². The van der Waals surface area contributed by atoms with Gasteiger partial charge in [0.05, 0.1) is 0 Å². The fourth-order valence-electron chi connectivity index (χ4n) is 1.04. The molecular weight excluding hydrogens is 428 g/mol. The first-order valence-electron chi connectivity index (χ1n) is 5.09. The quantitative estimate of drug-likeness (QED) is 0.233. The summed E-state index contributed by atoms with van der Waals surface area (Å²) in [4.78, 5) is 13.9. The molecule has 0 aromatic heterocycles. The number of Topliss-reactive ketones (excluding diaryl/α,β-unsaturated/α-hetero) is 1. The number of carbonyl (C=O) groups excluding carboxylic acids is 1. The topological polar surface area (TPSA) is 96.8 Å². The first-order chi connectivity index (χ1) is 9.60. The van der Waals surface area contributed by atoms with Crippen LogP contribution < -0.4 is 0 Å². The molecule has 0 aliphatic rings. The summed E-state index contributed by atoms with van der Waals surface area (Å²) in [7, 11) is -5.91. The SMILES string of the molecule is CC(=O)C(=[N+]=[N-])I(OS(=O)(=O)C(F)(F)F)c1ccccc1. The van der Waals surface area contributed by atoms with Gasteiger partial charge in [0.1, 0.15) is 0 Å². The van der Waals surface area contributed by atoms with E-state index in [2.05, 4.69) is 7.30 Å². The van der Waals surface area contributed by atoms with Gasteiger partial charge >= 0.3 is 125 Å². The summed E-state index contributed by atoms with van der Waals surface area (Å²) in [5.74, 6) is -0.871. The molecule has 0 fully saturated rings. The Labute approximate surface area is 125 Å². The second-order valence-corrected chi connectivity index (χ2v) is 9.72. The van der Waals surface area contributed by atoms with Crippen molar-refractivity contribution in [3.8, 4) is 0 Å². The summed E-state index contributed by atoms with van der Waals surface area (Å²) in [6, 6.07) is 6.99. The molecule has 0 radical (unpaired) electrons. The van der Waals surface area contributed by atoms with Crippen LogP contribution in [0.3, 0.4) is 0 Å². The predicted molar refractivity (Wildman–Crippen MR) is 74.5 cm³/mol. The van der Waals surface area contributed by atoms with Gasteiger partial charge in [-0.25, -0.2) is 0 Å². The number of alkyl halides is 3. The summed E-state index contributed by atoms with van der Waals surface area (Å²) in [5.41, 5.74) is 3.15. The molecule has 0 amide bonds. The molecule has 1 aromatic rings. The van der Waals surface area contributed by atoms with Crippen LogP contribution in [0, 0.1) is 3.57 Å². The van der Waals surface area contributed by atoms with Gasteiger partial charge in [0, 0.05) is 0 Å². The summed E-state index contributed by atoms with van der Waals surface area (Å²) in [6.45, 7) is 0.937. The average molecular weight is 436 g/mol.